The minimum atomic E-state index is -5.98. The van der Waals surface area contributed by atoms with Crippen molar-refractivity contribution < 1.29 is 98.9 Å². The first kappa shape index (κ1) is 43.5. The lowest BCUT2D eigenvalue weighted by atomic mass is 9.94. The molecule has 4 rings (SSSR count). The number of aliphatic hydroxyl groups excluding tert-OH is 1. The molecule has 2 aromatic rings. The van der Waals surface area contributed by atoms with Crippen LogP contribution in [0.3, 0.4) is 0 Å². The fourth-order valence-corrected chi connectivity index (χ4v) is 7.55. The van der Waals surface area contributed by atoms with Crippen LogP contribution in [0, 0.1) is 0 Å². The van der Waals surface area contributed by atoms with Crippen molar-refractivity contribution in [1.82, 2.24) is 19.5 Å². The summed E-state index contributed by atoms with van der Waals surface area (Å²) in [4.78, 5) is 92.7. The number of imidazole rings is 1. The molecule has 0 amide bonds. The molecular formula is C27H36FN5O20P2. The molecular weight excluding hydrogens is 795 g/mol. The molecule has 306 valence electrons. The molecule has 0 saturated carbocycles. The van der Waals surface area contributed by atoms with Gasteiger partial charge >= 0.3 is 45.5 Å². The van der Waals surface area contributed by atoms with Crippen molar-refractivity contribution in [3.05, 3.63) is 12.7 Å². The van der Waals surface area contributed by atoms with Crippen LogP contribution in [0.1, 0.15) is 40.8 Å². The van der Waals surface area contributed by atoms with Crippen molar-refractivity contribution in [1.29, 1.82) is 0 Å². The lowest BCUT2D eigenvalue weighted by Gasteiger charge is -2.45. The van der Waals surface area contributed by atoms with Gasteiger partial charge in [-0.3, -0.25) is 37.6 Å². The van der Waals surface area contributed by atoms with Crippen molar-refractivity contribution in [3.8, 4) is 0 Å². The molecule has 5 N–H and O–H groups in total. The first-order valence-electron chi connectivity index (χ1n) is 15.7. The highest BCUT2D eigenvalue weighted by Gasteiger charge is 2.57. The number of alkyl halides is 1. The SMILES string of the molecule is CC(=O)OCC(OC(C)=O)[C@H]1O[C@@H](OP(=O)(O)OP(=O)(O)OC[C@H]2O[C@@H](n3cnc4c(N)ncnc43)[C@H](O)[C@@H]2F)[C@@H](OC(C)=O)[C@@H](OC(C)=O)[C@@H]1OC(C)=O. The molecule has 2 aliphatic heterocycles. The zero-order valence-corrected chi connectivity index (χ0v) is 31.1. The molecule has 0 radical (unpaired) electrons. The van der Waals surface area contributed by atoms with Crippen LogP contribution in [-0.2, 0) is 79.6 Å². The average molecular weight is 832 g/mol. The van der Waals surface area contributed by atoms with Gasteiger partial charge in [-0.2, -0.15) is 4.31 Å². The highest BCUT2D eigenvalue weighted by Crippen LogP contribution is 2.62. The van der Waals surface area contributed by atoms with E-state index >= 15 is 4.39 Å². The monoisotopic (exact) mass is 831 g/mol. The number of nitrogens with zero attached hydrogens (tertiary/aromatic N) is 4. The third kappa shape index (κ3) is 11.2. The fourth-order valence-electron chi connectivity index (χ4n) is 5.40. The van der Waals surface area contributed by atoms with E-state index in [4.69, 9.17) is 43.4 Å². The van der Waals surface area contributed by atoms with Crippen LogP contribution in [0.2, 0.25) is 0 Å². The Morgan fingerprint density at radius 1 is 0.891 bits per heavy atom. The Labute approximate surface area is 308 Å². The molecule has 28 heteroatoms. The Hall–Kier alpha value is -4.23. The number of carbonyl (C=O) groups is 5. The van der Waals surface area contributed by atoms with Gasteiger partial charge in [0, 0.05) is 34.6 Å². The summed E-state index contributed by atoms with van der Waals surface area (Å²) in [5.74, 6) is -5.26. The number of esters is 5. The first-order chi connectivity index (χ1) is 25.6. The van der Waals surface area contributed by atoms with Gasteiger partial charge in [-0.1, -0.05) is 0 Å². The number of hydrogen-bond acceptors (Lipinski definition) is 22. The summed E-state index contributed by atoms with van der Waals surface area (Å²) in [5, 5.41) is 10.5. The van der Waals surface area contributed by atoms with E-state index in [-0.39, 0.29) is 17.0 Å². The highest BCUT2D eigenvalue weighted by molar-refractivity contribution is 7.61. The number of phosphoric ester groups is 2. The van der Waals surface area contributed by atoms with Crippen molar-refractivity contribution in [2.45, 2.75) is 96.0 Å². The molecule has 3 unspecified atom stereocenters. The maximum absolute atomic E-state index is 15.1. The summed E-state index contributed by atoms with van der Waals surface area (Å²) in [5.41, 5.74) is 5.88. The van der Waals surface area contributed by atoms with Crippen molar-refractivity contribution in [3.63, 3.8) is 0 Å². The Morgan fingerprint density at radius 3 is 2.11 bits per heavy atom. The predicted octanol–water partition coefficient (Wildman–Crippen LogP) is -0.730. The van der Waals surface area contributed by atoms with Gasteiger partial charge in [0.15, 0.2) is 48.3 Å². The van der Waals surface area contributed by atoms with E-state index in [2.05, 4.69) is 23.8 Å². The second-order valence-electron chi connectivity index (χ2n) is 11.6. The van der Waals surface area contributed by atoms with E-state index in [0.29, 0.717) is 0 Å². The molecule has 25 nitrogen and oxygen atoms in total. The minimum absolute atomic E-state index is 0.0346. The van der Waals surface area contributed by atoms with E-state index in [9.17, 15) is 48.0 Å². The second-order valence-corrected chi connectivity index (χ2v) is 14.6. The zero-order chi connectivity index (χ0) is 41.0. The first-order valence-corrected chi connectivity index (χ1v) is 18.7. The Bertz CT molecular complexity index is 1870. The number of aromatic nitrogens is 4. The summed E-state index contributed by atoms with van der Waals surface area (Å²) in [7, 11) is -11.7. The molecule has 0 aromatic carbocycles. The van der Waals surface area contributed by atoms with Crippen LogP contribution in [0.4, 0.5) is 10.2 Å². The summed E-state index contributed by atoms with van der Waals surface area (Å²) in [6.45, 7) is 2.53. The smallest absolute Gasteiger partial charge is 0.462 e. The predicted molar refractivity (Wildman–Crippen MR) is 170 cm³/mol. The number of hydrogen-bond donors (Lipinski definition) is 4. The molecule has 55 heavy (non-hydrogen) atoms. The average Bonchev–Trinajstić information content (AvgIpc) is 3.60. The number of anilines is 1. The van der Waals surface area contributed by atoms with Crippen molar-refractivity contribution in [2.24, 2.45) is 0 Å². The number of phosphoric acid groups is 2. The van der Waals surface area contributed by atoms with Crippen LogP contribution in [0.15, 0.2) is 12.7 Å². The van der Waals surface area contributed by atoms with Crippen LogP contribution in [0.25, 0.3) is 11.2 Å². The van der Waals surface area contributed by atoms with Crippen LogP contribution >= 0.6 is 15.6 Å². The van der Waals surface area contributed by atoms with Crippen molar-refractivity contribution >= 4 is 62.5 Å². The number of aliphatic hydroxyl groups is 1. The number of ether oxygens (including phenoxy) is 7. The largest absolute Gasteiger partial charge is 0.483 e. The molecule has 4 heterocycles. The fraction of sp³-hybridized carbons (Fsp3) is 0.630. The van der Waals surface area contributed by atoms with E-state index in [1.807, 2.05) is 0 Å². The van der Waals surface area contributed by atoms with Gasteiger partial charge in [-0.15, -0.1) is 0 Å². The van der Waals surface area contributed by atoms with E-state index in [0.717, 1.165) is 51.8 Å². The standard InChI is InChI=1S/C27H36FN5O20P2/c1-10(34)44-6-16(46-11(2)35)20-21(47-12(3)36)22(48-13(4)37)23(49-14(5)38)27(51-20)52-55(42,43)53-54(40,41)45-7-15-17(28)19(39)26(50-15)33-9-32-18-24(29)30-8-31-25(18)33/h8-9,15-17,19-23,26-27,39H,6-7H2,1-5H3,(H,40,41)(H,42,43)(H2,29,30,31)/t15-,16?,17-,19-,20-,21-,22+,23+,26-,27+/m1/s1. The lowest BCUT2D eigenvalue weighted by molar-refractivity contribution is -0.301. The zero-order valence-electron chi connectivity index (χ0n) is 29.3. The quantitative estimate of drug-likeness (QED) is 0.0976. The molecule has 2 fully saturated rings. The van der Waals surface area contributed by atoms with Gasteiger partial charge in [-0.25, -0.2) is 28.5 Å². The number of nitrogens with two attached hydrogens (primary N) is 1. The molecule has 0 aliphatic carbocycles. The Balaban J connectivity index is 1.57. The maximum atomic E-state index is 15.1. The minimum Gasteiger partial charge on any atom is -0.462 e. The van der Waals surface area contributed by atoms with Crippen LogP contribution in [-0.4, -0.2) is 133 Å². The topological polar surface area (TPSA) is 342 Å². The van der Waals surface area contributed by atoms with Crippen molar-refractivity contribution in [2.75, 3.05) is 18.9 Å². The Morgan fingerprint density at radius 2 is 1.51 bits per heavy atom. The number of carbonyl (C=O) groups excluding carboxylic acids is 5. The summed E-state index contributed by atoms with van der Waals surface area (Å²) >= 11 is 0. The van der Waals surface area contributed by atoms with Gasteiger partial charge in [0.2, 0.25) is 6.29 Å². The molecule has 0 bridgehead atoms. The van der Waals surface area contributed by atoms with Crippen LogP contribution < -0.4 is 5.73 Å². The molecule has 0 spiro atoms. The van der Waals surface area contributed by atoms with Crippen LogP contribution in [0.5, 0.6) is 0 Å². The number of fused-ring (bicyclic) bond motifs is 1. The summed E-state index contributed by atoms with van der Waals surface area (Å²) in [6, 6.07) is 0. The third-order valence-corrected chi connectivity index (χ3v) is 9.97. The second kappa shape index (κ2) is 17.7. The van der Waals surface area contributed by atoms with Gasteiger partial charge in [0.05, 0.1) is 12.9 Å². The molecule has 2 aliphatic rings. The lowest BCUT2D eigenvalue weighted by Crippen LogP contribution is -2.65. The summed E-state index contributed by atoms with van der Waals surface area (Å²) in [6.07, 6.45) is -17.4. The Kier molecular flexibility index (Phi) is 14.0. The van der Waals surface area contributed by atoms with Gasteiger partial charge in [-0.05, 0) is 0 Å². The molecule has 2 saturated heterocycles. The number of nitrogen functional groups attached to an aromatic ring is 1. The highest BCUT2D eigenvalue weighted by atomic mass is 31.3. The molecule has 12 atom stereocenters. The number of rotatable bonds is 15. The number of halogens is 1. The van der Waals surface area contributed by atoms with E-state index < -0.39 is 120 Å². The third-order valence-electron chi connectivity index (χ3n) is 7.37. The van der Waals surface area contributed by atoms with E-state index in [1.165, 1.54) is 0 Å². The normalized spacial score (nSPS) is 29.3. The van der Waals surface area contributed by atoms with Gasteiger partial charge in [0.1, 0.15) is 36.8 Å². The maximum Gasteiger partial charge on any atom is 0.483 e. The summed E-state index contributed by atoms with van der Waals surface area (Å²) < 4.78 is 93.0. The van der Waals surface area contributed by atoms with Gasteiger partial charge in [0.25, 0.3) is 0 Å². The van der Waals surface area contributed by atoms with E-state index in [1.54, 1.807) is 0 Å². The van der Waals surface area contributed by atoms with Gasteiger partial charge < -0.3 is 53.8 Å². The molecule has 2 aromatic heterocycles.